The van der Waals surface area contributed by atoms with Gasteiger partial charge in [-0.25, -0.2) is 0 Å². The van der Waals surface area contributed by atoms with Crippen LogP contribution in [0.5, 0.6) is 0 Å². The van der Waals surface area contributed by atoms with Gasteiger partial charge in [-0.3, -0.25) is 28.8 Å². The molecule has 0 radical (unpaired) electrons. The average molecular weight is 390 g/mol. The van der Waals surface area contributed by atoms with Crippen LogP contribution in [0.4, 0.5) is 0 Å². The van der Waals surface area contributed by atoms with Crippen molar-refractivity contribution in [2.45, 2.75) is 63.6 Å². The second-order valence-corrected chi connectivity index (χ2v) is 6.23. The molecule has 11 nitrogen and oxygen atoms in total. The molecule has 5 N–H and O–H groups in total. The van der Waals surface area contributed by atoms with E-state index in [2.05, 4.69) is 0 Å². The quantitative estimate of drug-likeness (QED) is 0.182. The molecule has 0 aliphatic rings. The Morgan fingerprint density at radius 1 is 0.704 bits per heavy atom. The topological polar surface area (TPSA) is 204 Å². The van der Waals surface area contributed by atoms with Gasteiger partial charge in [0.1, 0.15) is 6.10 Å². The number of rotatable bonds is 10. The van der Waals surface area contributed by atoms with Gasteiger partial charge in [-0.1, -0.05) is 0 Å². The van der Waals surface area contributed by atoms with Crippen molar-refractivity contribution in [3.05, 3.63) is 0 Å². The van der Waals surface area contributed by atoms with Gasteiger partial charge in [-0.2, -0.15) is 0 Å². The lowest BCUT2D eigenvalue weighted by Gasteiger charge is -2.46. The first kappa shape index (κ1) is 24.8. The summed E-state index contributed by atoms with van der Waals surface area (Å²) in [6.45, 7) is 2.77. The minimum Gasteiger partial charge on any atom is -0.390 e. The maximum Gasteiger partial charge on any atom is 0.240 e. The third kappa shape index (κ3) is 3.39. The molecule has 0 aliphatic heterocycles. The zero-order valence-corrected chi connectivity index (χ0v) is 15.3. The molecule has 0 aromatic carbocycles. The van der Waals surface area contributed by atoms with Gasteiger partial charge in [0.2, 0.25) is 28.4 Å². The predicted molar refractivity (Wildman–Crippen MR) is 85.3 cm³/mol. The fraction of sp³-hybridized carbons (Fsp3) is 0.625. The summed E-state index contributed by atoms with van der Waals surface area (Å²) in [5.74, 6) is -11.0. The molecule has 0 rings (SSSR count). The molecule has 0 aliphatic carbocycles. The lowest BCUT2D eigenvalue weighted by Crippen LogP contribution is -2.81. The van der Waals surface area contributed by atoms with Gasteiger partial charge in [0.25, 0.3) is 0 Å². The van der Waals surface area contributed by atoms with Gasteiger partial charge in [0, 0.05) is 6.92 Å². The molecule has 0 saturated heterocycles. The van der Waals surface area contributed by atoms with Gasteiger partial charge in [-0.05, 0) is 27.7 Å². The van der Waals surface area contributed by atoms with Crippen LogP contribution in [-0.4, -0.2) is 89.2 Å². The number of aliphatic hydroxyl groups excluding tert-OH is 2. The first-order chi connectivity index (χ1) is 11.9. The van der Waals surface area contributed by atoms with E-state index < -0.39 is 63.7 Å². The SMILES string of the molecule is CC(=O)C(=O)[C@@](O)(C(C)=O)[C@](O)(C(C)=O)[C@@](O)(C(C)=O)C(=O)C(O)C(C)O. The minimum atomic E-state index is -4.17. The summed E-state index contributed by atoms with van der Waals surface area (Å²) < 4.78 is 0. The average Bonchev–Trinajstić information content (AvgIpc) is 2.56. The van der Waals surface area contributed by atoms with Crippen LogP contribution in [0.3, 0.4) is 0 Å². The molecule has 27 heavy (non-hydrogen) atoms. The Kier molecular flexibility index (Phi) is 7.19. The molecular formula is C16H22O11. The summed E-state index contributed by atoms with van der Waals surface area (Å²) in [7, 11) is 0. The van der Waals surface area contributed by atoms with E-state index in [1.54, 1.807) is 0 Å². The Hall–Kier alpha value is -2.18. The third-order valence-corrected chi connectivity index (χ3v) is 4.31. The standard InChI is InChI=1S/C16H22O11/c1-6(17)11(22)13(24)15(26,9(4)20)16(27,10(5)21)14(25,8(3)19)12(23)7(2)18/h6,11,17,22,25-27H,1-5H3/t6?,11?,14-,15+,16+/m0/s1. The van der Waals surface area contributed by atoms with E-state index in [-0.39, 0.29) is 0 Å². The Morgan fingerprint density at radius 3 is 1.30 bits per heavy atom. The molecule has 0 aromatic heterocycles. The van der Waals surface area contributed by atoms with E-state index in [0.29, 0.717) is 27.7 Å². The van der Waals surface area contributed by atoms with Crippen molar-refractivity contribution >= 4 is 34.7 Å². The number of carbonyl (C=O) groups excluding carboxylic acids is 6. The molecule has 0 bridgehead atoms. The maximum absolute atomic E-state index is 12.4. The molecule has 5 atom stereocenters. The highest BCUT2D eigenvalue weighted by atomic mass is 16.4. The normalized spacial score (nSPS) is 20.2. The zero-order valence-electron chi connectivity index (χ0n) is 15.3. The summed E-state index contributed by atoms with van der Waals surface area (Å²) >= 11 is 0. The van der Waals surface area contributed by atoms with E-state index in [4.69, 9.17) is 0 Å². The van der Waals surface area contributed by atoms with E-state index in [9.17, 15) is 54.3 Å². The van der Waals surface area contributed by atoms with Crippen molar-refractivity contribution < 1.29 is 54.3 Å². The first-order valence-electron chi connectivity index (χ1n) is 7.61. The highest BCUT2D eigenvalue weighted by Gasteiger charge is 2.76. The molecule has 11 heteroatoms. The Bertz CT molecular complexity index is 709. The number of hydrogen-bond acceptors (Lipinski definition) is 11. The second-order valence-electron chi connectivity index (χ2n) is 6.23. The van der Waals surface area contributed by atoms with E-state index >= 15 is 0 Å². The number of aliphatic hydroxyl groups is 5. The fourth-order valence-corrected chi connectivity index (χ4v) is 2.64. The number of carbonyl (C=O) groups is 6. The van der Waals surface area contributed by atoms with Gasteiger partial charge >= 0.3 is 0 Å². The van der Waals surface area contributed by atoms with Gasteiger partial charge in [0.05, 0.1) is 6.10 Å². The highest BCUT2D eigenvalue weighted by molar-refractivity contribution is 6.45. The molecule has 0 spiro atoms. The van der Waals surface area contributed by atoms with Crippen LogP contribution in [0.1, 0.15) is 34.6 Å². The first-order valence-corrected chi connectivity index (χ1v) is 7.61. The lowest BCUT2D eigenvalue weighted by molar-refractivity contribution is -0.226. The van der Waals surface area contributed by atoms with Crippen LogP contribution < -0.4 is 0 Å². The van der Waals surface area contributed by atoms with Crippen LogP contribution in [-0.2, 0) is 28.8 Å². The fourth-order valence-electron chi connectivity index (χ4n) is 2.64. The maximum atomic E-state index is 12.4. The van der Waals surface area contributed by atoms with Gasteiger partial charge < -0.3 is 25.5 Å². The summed E-state index contributed by atoms with van der Waals surface area (Å²) in [5.41, 5.74) is -12.3. The molecule has 0 saturated carbocycles. The molecule has 0 heterocycles. The predicted octanol–water partition coefficient (Wildman–Crippen LogP) is -3.58. The van der Waals surface area contributed by atoms with Crippen molar-refractivity contribution in [3.63, 3.8) is 0 Å². The van der Waals surface area contributed by atoms with Crippen LogP contribution in [0.25, 0.3) is 0 Å². The van der Waals surface area contributed by atoms with Crippen molar-refractivity contribution in [2.24, 2.45) is 0 Å². The number of ketones is 6. The molecule has 2 unspecified atom stereocenters. The van der Waals surface area contributed by atoms with Gasteiger partial charge in [0.15, 0.2) is 23.1 Å². The number of Topliss-reactive ketones (excluding diaryl/α,β-unsaturated/α-hetero) is 6. The highest BCUT2D eigenvalue weighted by Crippen LogP contribution is 2.39. The van der Waals surface area contributed by atoms with E-state index in [1.165, 1.54) is 0 Å². The van der Waals surface area contributed by atoms with Crippen LogP contribution in [0, 0.1) is 0 Å². The van der Waals surface area contributed by atoms with Crippen molar-refractivity contribution in [1.82, 2.24) is 0 Å². The summed E-state index contributed by atoms with van der Waals surface area (Å²) in [4.78, 5) is 72.3. The van der Waals surface area contributed by atoms with Crippen molar-refractivity contribution in [2.75, 3.05) is 0 Å². The smallest absolute Gasteiger partial charge is 0.240 e. The lowest BCUT2D eigenvalue weighted by atomic mass is 9.61. The molecule has 152 valence electrons. The second kappa shape index (κ2) is 7.82. The molecule has 0 amide bonds. The summed E-state index contributed by atoms with van der Waals surface area (Å²) in [5, 5.41) is 51.1. The minimum absolute atomic E-state index is 0.428. The van der Waals surface area contributed by atoms with E-state index in [0.717, 1.165) is 6.92 Å². The van der Waals surface area contributed by atoms with Gasteiger partial charge in [-0.15, -0.1) is 0 Å². The van der Waals surface area contributed by atoms with Crippen molar-refractivity contribution in [1.29, 1.82) is 0 Å². The molecule has 0 aromatic rings. The van der Waals surface area contributed by atoms with Crippen LogP contribution >= 0.6 is 0 Å². The Balaban J connectivity index is 7.29. The molecular weight excluding hydrogens is 368 g/mol. The number of hydrogen-bond donors (Lipinski definition) is 5. The van der Waals surface area contributed by atoms with Crippen LogP contribution in [0.15, 0.2) is 0 Å². The van der Waals surface area contributed by atoms with Crippen LogP contribution in [0.2, 0.25) is 0 Å². The van der Waals surface area contributed by atoms with Crippen molar-refractivity contribution in [3.8, 4) is 0 Å². The zero-order chi connectivity index (χ0) is 22.1. The van der Waals surface area contributed by atoms with E-state index in [1.807, 2.05) is 0 Å². The summed E-state index contributed by atoms with van der Waals surface area (Å²) in [6.07, 6.45) is -4.48. The summed E-state index contributed by atoms with van der Waals surface area (Å²) in [6, 6.07) is 0. The third-order valence-electron chi connectivity index (χ3n) is 4.31. The Labute approximate surface area is 153 Å². The monoisotopic (exact) mass is 390 g/mol. The Morgan fingerprint density at radius 2 is 1.07 bits per heavy atom. The molecule has 0 fully saturated rings. The largest absolute Gasteiger partial charge is 0.390 e.